The van der Waals surface area contributed by atoms with Gasteiger partial charge in [-0.05, 0) is 0 Å². The van der Waals surface area contributed by atoms with Crippen LogP contribution in [0.3, 0.4) is 0 Å². The Bertz CT molecular complexity index is 211. The summed E-state index contributed by atoms with van der Waals surface area (Å²) in [6, 6.07) is 0. The Labute approximate surface area is 175 Å². The Kier molecular flexibility index (Phi) is 15.8. The van der Waals surface area contributed by atoms with Crippen LogP contribution in [0.4, 0.5) is 0 Å². The van der Waals surface area contributed by atoms with Crippen LogP contribution in [0.1, 0.15) is 0 Å². The van der Waals surface area contributed by atoms with Crippen LogP contribution >= 0.6 is 0 Å². The summed E-state index contributed by atoms with van der Waals surface area (Å²) in [5.74, 6) is -4.22. The predicted molar refractivity (Wildman–Crippen MR) is 34.0 cm³/mol. The molecular weight excluding hydrogens is 278 g/mol. The molecule has 8 nitrogen and oxygen atoms in total. The first-order valence-electron chi connectivity index (χ1n) is 3.43. The monoisotopic (exact) mass is 286 g/mol. The van der Waals surface area contributed by atoms with Crippen molar-refractivity contribution in [3.63, 3.8) is 0 Å². The zero-order valence-corrected chi connectivity index (χ0v) is 15.0. The molecule has 4 atom stereocenters. The number of carboxylic acid groups (broad SMARTS) is 2. The molecule has 0 unspecified atom stereocenters. The molecule has 0 aliphatic heterocycles. The molecule has 0 aromatic heterocycles. The summed E-state index contributed by atoms with van der Waals surface area (Å²) < 4.78 is 0. The van der Waals surface area contributed by atoms with E-state index in [4.69, 9.17) is 20.4 Å². The summed E-state index contributed by atoms with van der Waals surface area (Å²) in [5, 5.41) is 54.7. The molecule has 0 aliphatic rings. The SMILES string of the molecule is O=C([O-])[C@@H](O)[C@@H](O)[C@H](O)[C@H](O)C(=O)[O-].[K+].[K+]. The van der Waals surface area contributed by atoms with Crippen LogP contribution in [0.25, 0.3) is 0 Å². The second kappa shape index (κ2) is 10.9. The van der Waals surface area contributed by atoms with Gasteiger partial charge in [0.25, 0.3) is 0 Å². The fraction of sp³-hybridized carbons (Fsp3) is 0.667. The summed E-state index contributed by atoms with van der Waals surface area (Å²) in [4.78, 5) is 19.9. The first kappa shape index (κ1) is 23.2. The smallest absolute Gasteiger partial charge is 0.547 e. The number of aliphatic carboxylic acids is 2. The molecule has 4 N–H and O–H groups in total. The molecule has 0 bridgehead atoms. The maximum absolute atomic E-state index is 9.96. The van der Waals surface area contributed by atoms with E-state index in [2.05, 4.69) is 0 Å². The largest absolute Gasteiger partial charge is 1.00 e. The molecule has 10 heteroatoms. The predicted octanol–water partition coefficient (Wildman–Crippen LogP) is -12.1. The number of aliphatic hydroxyl groups is 4. The standard InChI is InChI=1S/C6H10O8.2K/c7-1(3(9)5(11)12)2(8)4(10)6(13)14;;/h1-4,7-10H,(H,11,12)(H,13,14);;/q;2*+1/p-2/t1-,2-,3-,4-;;/m0../s1. The molecule has 0 radical (unpaired) electrons. The van der Waals surface area contributed by atoms with Crippen LogP contribution in [0.2, 0.25) is 0 Å². The molecule has 0 fully saturated rings. The number of carbonyl (C=O) groups is 2. The van der Waals surface area contributed by atoms with Gasteiger partial charge in [-0.25, -0.2) is 0 Å². The molecule has 0 spiro atoms. The average molecular weight is 286 g/mol. The van der Waals surface area contributed by atoms with E-state index in [-0.39, 0.29) is 103 Å². The molecule has 16 heavy (non-hydrogen) atoms. The van der Waals surface area contributed by atoms with E-state index >= 15 is 0 Å². The van der Waals surface area contributed by atoms with Gasteiger partial charge in [-0.1, -0.05) is 0 Å². The molecule has 0 heterocycles. The van der Waals surface area contributed by atoms with Crippen molar-refractivity contribution in [3.8, 4) is 0 Å². The van der Waals surface area contributed by atoms with Gasteiger partial charge < -0.3 is 40.2 Å². The molecule has 82 valence electrons. The van der Waals surface area contributed by atoms with Gasteiger partial charge in [0.05, 0.1) is 11.9 Å². The average Bonchev–Trinajstić information content (AvgIpc) is 2.12. The number of carboxylic acids is 2. The minimum atomic E-state index is -2.50. The van der Waals surface area contributed by atoms with Gasteiger partial charge in [-0.3, -0.25) is 0 Å². The number of rotatable bonds is 5. The van der Waals surface area contributed by atoms with Gasteiger partial charge in [-0.15, -0.1) is 0 Å². The van der Waals surface area contributed by atoms with Crippen LogP contribution < -0.4 is 113 Å². The molecule has 0 aromatic rings. The first-order valence-corrected chi connectivity index (χ1v) is 3.43. The van der Waals surface area contributed by atoms with Gasteiger partial charge in [0.2, 0.25) is 0 Å². The van der Waals surface area contributed by atoms with Crippen molar-refractivity contribution < 1.29 is 143 Å². The second-order valence-electron chi connectivity index (χ2n) is 2.51. The Morgan fingerprint density at radius 1 is 0.750 bits per heavy atom. The fourth-order valence-electron chi connectivity index (χ4n) is 0.652. The van der Waals surface area contributed by atoms with E-state index in [0.717, 1.165) is 0 Å². The van der Waals surface area contributed by atoms with Crippen LogP contribution in [0.5, 0.6) is 0 Å². The van der Waals surface area contributed by atoms with E-state index in [1.807, 2.05) is 0 Å². The van der Waals surface area contributed by atoms with E-state index in [1.165, 1.54) is 0 Å². The summed E-state index contributed by atoms with van der Waals surface area (Å²) in [7, 11) is 0. The molecular formula is C6H8K2O8. The maximum atomic E-state index is 9.96. The number of aliphatic hydroxyl groups excluding tert-OH is 4. The molecule has 0 aromatic carbocycles. The van der Waals surface area contributed by atoms with E-state index < -0.39 is 36.4 Å². The normalized spacial score (nSPS) is 17.0. The fourth-order valence-corrected chi connectivity index (χ4v) is 0.652. The minimum Gasteiger partial charge on any atom is -0.547 e. The van der Waals surface area contributed by atoms with E-state index in [1.54, 1.807) is 0 Å². The second-order valence-corrected chi connectivity index (χ2v) is 2.51. The summed E-state index contributed by atoms with van der Waals surface area (Å²) in [6.07, 6.45) is -9.76. The van der Waals surface area contributed by atoms with Gasteiger partial charge in [0.15, 0.2) is 0 Å². The zero-order chi connectivity index (χ0) is 11.5. The quantitative estimate of drug-likeness (QED) is 0.362. The molecule has 0 aliphatic carbocycles. The van der Waals surface area contributed by atoms with Crippen LogP contribution in [0, 0.1) is 0 Å². The van der Waals surface area contributed by atoms with E-state index in [0.29, 0.717) is 0 Å². The minimum absolute atomic E-state index is 0. The van der Waals surface area contributed by atoms with Gasteiger partial charge in [0.1, 0.15) is 24.4 Å². The summed E-state index contributed by atoms with van der Waals surface area (Å²) >= 11 is 0. The number of carbonyl (C=O) groups excluding carboxylic acids is 2. The Morgan fingerprint density at radius 2 is 0.938 bits per heavy atom. The third-order valence-electron chi connectivity index (χ3n) is 1.48. The third-order valence-corrected chi connectivity index (χ3v) is 1.48. The molecule has 0 saturated carbocycles. The summed E-state index contributed by atoms with van der Waals surface area (Å²) in [6.45, 7) is 0. The van der Waals surface area contributed by atoms with E-state index in [9.17, 15) is 19.8 Å². The molecule has 0 amide bonds. The third kappa shape index (κ3) is 7.48. The molecule has 0 saturated heterocycles. The van der Waals surface area contributed by atoms with Crippen LogP contribution in [0.15, 0.2) is 0 Å². The van der Waals surface area contributed by atoms with Crippen molar-refractivity contribution >= 4 is 11.9 Å². The van der Waals surface area contributed by atoms with Gasteiger partial charge in [0, 0.05) is 0 Å². The van der Waals surface area contributed by atoms with Crippen molar-refractivity contribution in [1.29, 1.82) is 0 Å². The maximum Gasteiger partial charge on any atom is 1.00 e. The zero-order valence-electron chi connectivity index (χ0n) is 8.73. The summed E-state index contributed by atoms with van der Waals surface area (Å²) in [5.41, 5.74) is 0. The topological polar surface area (TPSA) is 161 Å². The Hall–Kier alpha value is 2.05. The Morgan fingerprint density at radius 3 is 1.06 bits per heavy atom. The first-order chi connectivity index (χ1) is 6.29. The van der Waals surface area contributed by atoms with Crippen molar-refractivity contribution in [2.24, 2.45) is 0 Å². The molecule has 0 rings (SSSR count). The number of hydrogen-bond acceptors (Lipinski definition) is 8. The van der Waals surface area contributed by atoms with Crippen molar-refractivity contribution in [1.82, 2.24) is 0 Å². The van der Waals surface area contributed by atoms with Crippen molar-refractivity contribution in [2.75, 3.05) is 0 Å². The van der Waals surface area contributed by atoms with Crippen molar-refractivity contribution in [2.45, 2.75) is 24.4 Å². The van der Waals surface area contributed by atoms with Gasteiger partial charge >= 0.3 is 103 Å². The van der Waals surface area contributed by atoms with Crippen LogP contribution in [-0.4, -0.2) is 56.8 Å². The number of hydrogen-bond donors (Lipinski definition) is 4. The van der Waals surface area contributed by atoms with Gasteiger partial charge in [-0.2, -0.15) is 0 Å². The van der Waals surface area contributed by atoms with Crippen LogP contribution in [-0.2, 0) is 9.59 Å². The Balaban J connectivity index is -0.000000845. The van der Waals surface area contributed by atoms with Crippen molar-refractivity contribution in [3.05, 3.63) is 0 Å².